The standard InChI is InChI=1S/C10H16N2OS/c14-10-11-4-6-12(10)5-1-7-13-8-9-2-3-9/h4,6,9H,1-3,5,7-8H2,(H,11,14). The summed E-state index contributed by atoms with van der Waals surface area (Å²) in [5.74, 6) is 0.865. The molecule has 1 aliphatic rings. The minimum absolute atomic E-state index is 0.798. The van der Waals surface area contributed by atoms with E-state index >= 15 is 0 Å². The average Bonchev–Trinajstić information content (AvgIpc) is 2.91. The third kappa shape index (κ3) is 2.96. The highest BCUT2D eigenvalue weighted by Gasteiger charge is 2.20. The molecule has 2 rings (SSSR count). The van der Waals surface area contributed by atoms with Crippen LogP contribution in [0.3, 0.4) is 0 Å². The van der Waals surface area contributed by atoms with Crippen LogP contribution in [0.2, 0.25) is 0 Å². The summed E-state index contributed by atoms with van der Waals surface area (Å²) in [5.41, 5.74) is 0. The molecule has 14 heavy (non-hydrogen) atoms. The molecule has 1 aromatic rings. The number of nitrogens with one attached hydrogen (secondary N) is 1. The van der Waals surface area contributed by atoms with Crippen LogP contribution < -0.4 is 0 Å². The van der Waals surface area contributed by atoms with Crippen LogP contribution in [-0.4, -0.2) is 22.8 Å². The molecule has 0 spiro atoms. The van der Waals surface area contributed by atoms with Crippen molar-refractivity contribution in [2.45, 2.75) is 25.8 Å². The van der Waals surface area contributed by atoms with E-state index in [9.17, 15) is 0 Å². The summed E-state index contributed by atoms with van der Waals surface area (Å²) >= 11 is 5.08. The first-order valence-electron chi connectivity index (χ1n) is 5.18. The van der Waals surface area contributed by atoms with E-state index in [2.05, 4.69) is 4.98 Å². The van der Waals surface area contributed by atoms with Crippen LogP contribution in [0, 0.1) is 10.7 Å². The summed E-state index contributed by atoms with van der Waals surface area (Å²) in [4.78, 5) is 2.97. The maximum atomic E-state index is 5.54. The Kier molecular flexibility index (Phi) is 3.37. The van der Waals surface area contributed by atoms with Gasteiger partial charge in [-0.1, -0.05) is 0 Å². The lowest BCUT2D eigenvalue weighted by Crippen LogP contribution is -2.03. The van der Waals surface area contributed by atoms with Crippen molar-refractivity contribution < 1.29 is 4.74 Å². The summed E-state index contributed by atoms with van der Waals surface area (Å²) in [5, 5.41) is 0. The van der Waals surface area contributed by atoms with E-state index in [1.165, 1.54) is 12.8 Å². The fourth-order valence-electron chi connectivity index (χ4n) is 1.40. The van der Waals surface area contributed by atoms with Gasteiger partial charge < -0.3 is 14.3 Å². The lowest BCUT2D eigenvalue weighted by molar-refractivity contribution is 0.119. The van der Waals surface area contributed by atoms with Gasteiger partial charge in [0.25, 0.3) is 0 Å². The van der Waals surface area contributed by atoms with Crippen molar-refractivity contribution in [3.05, 3.63) is 17.2 Å². The Morgan fingerprint density at radius 1 is 1.57 bits per heavy atom. The van der Waals surface area contributed by atoms with E-state index < -0.39 is 0 Å². The lowest BCUT2D eigenvalue weighted by Gasteiger charge is -2.03. The van der Waals surface area contributed by atoms with E-state index in [1.54, 1.807) is 0 Å². The van der Waals surface area contributed by atoms with Crippen molar-refractivity contribution in [1.82, 2.24) is 9.55 Å². The molecular weight excluding hydrogens is 196 g/mol. The highest BCUT2D eigenvalue weighted by atomic mass is 32.1. The van der Waals surface area contributed by atoms with E-state index in [-0.39, 0.29) is 0 Å². The third-order valence-corrected chi connectivity index (χ3v) is 2.81. The summed E-state index contributed by atoms with van der Waals surface area (Å²) in [6.07, 6.45) is 7.61. The van der Waals surface area contributed by atoms with Gasteiger partial charge in [0, 0.05) is 32.2 Å². The molecule has 1 heterocycles. The molecule has 1 fully saturated rings. The van der Waals surface area contributed by atoms with E-state index in [0.717, 1.165) is 36.9 Å². The normalized spacial score (nSPS) is 16.0. The highest BCUT2D eigenvalue weighted by Crippen LogP contribution is 2.28. The number of aromatic amines is 1. The SMILES string of the molecule is S=c1[nH]ccn1CCCOCC1CC1. The molecule has 78 valence electrons. The van der Waals surface area contributed by atoms with Crippen LogP contribution in [0.4, 0.5) is 0 Å². The van der Waals surface area contributed by atoms with Crippen LogP contribution in [0.5, 0.6) is 0 Å². The Bertz CT molecular complexity index is 327. The second-order valence-corrected chi connectivity index (χ2v) is 4.22. The van der Waals surface area contributed by atoms with Crippen LogP contribution in [-0.2, 0) is 11.3 Å². The van der Waals surface area contributed by atoms with Gasteiger partial charge in [-0.2, -0.15) is 0 Å². The van der Waals surface area contributed by atoms with Crippen LogP contribution in [0.1, 0.15) is 19.3 Å². The third-order valence-electron chi connectivity index (χ3n) is 2.46. The van der Waals surface area contributed by atoms with Gasteiger partial charge in [0.05, 0.1) is 0 Å². The first kappa shape index (κ1) is 9.93. The Hall–Kier alpha value is -0.610. The van der Waals surface area contributed by atoms with Gasteiger partial charge >= 0.3 is 0 Å². The van der Waals surface area contributed by atoms with Gasteiger partial charge in [-0.25, -0.2) is 0 Å². The Labute approximate surface area is 89.1 Å². The summed E-state index contributed by atoms with van der Waals surface area (Å²) in [6.45, 7) is 2.76. The number of nitrogens with zero attached hydrogens (tertiary/aromatic N) is 1. The Morgan fingerprint density at radius 3 is 3.07 bits per heavy atom. The molecule has 1 aliphatic carbocycles. The molecule has 0 saturated heterocycles. The van der Waals surface area contributed by atoms with Gasteiger partial charge in [-0.05, 0) is 37.4 Å². The van der Waals surface area contributed by atoms with Gasteiger partial charge in [0.1, 0.15) is 0 Å². The summed E-state index contributed by atoms with van der Waals surface area (Å²) < 4.78 is 8.37. The molecule has 0 atom stereocenters. The number of aromatic nitrogens is 2. The largest absolute Gasteiger partial charge is 0.381 e. The zero-order valence-corrected chi connectivity index (χ0v) is 9.05. The van der Waals surface area contributed by atoms with Gasteiger partial charge in [-0.3, -0.25) is 0 Å². The fraction of sp³-hybridized carbons (Fsp3) is 0.700. The monoisotopic (exact) mass is 212 g/mol. The van der Waals surface area contributed by atoms with Crippen molar-refractivity contribution in [2.75, 3.05) is 13.2 Å². The zero-order valence-electron chi connectivity index (χ0n) is 8.24. The number of ether oxygens (including phenoxy) is 1. The molecule has 0 unspecified atom stereocenters. The predicted molar refractivity (Wildman–Crippen MR) is 57.8 cm³/mol. The maximum absolute atomic E-state index is 5.54. The molecule has 0 radical (unpaired) electrons. The van der Waals surface area contributed by atoms with Crippen molar-refractivity contribution in [2.24, 2.45) is 5.92 Å². The Balaban J connectivity index is 1.58. The molecule has 3 nitrogen and oxygen atoms in total. The molecule has 1 N–H and O–H groups in total. The average molecular weight is 212 g/mol. The number of aryl methyl sites for hydroxylation is 1. The van der Waals surface area contributed by atoms with Crippen molar-refractivity contribution in [3.63, 3.8) is 0 Å². The molecule has 0 amide bonds. The van der Waals surface area contributed by atoms with Crippen molar-refractivity contribution in [1.29, 1.82) is 0 Å². The lowest BCUT2D eigenvalue weighted by atomic mass is 10.4. The number of rotatable bonds is 6. The van der Waals surface area contributed by atoms with Crippen molar-refractivity contribution >= 4 is 12.2 Å². The highest BCUT2D eigenvalue weighted by molar-refractivity contribution is 7.71. The number of H-pyrrole nitrogens is 1. The molecule has 4 heteroatoms. The molecule has 1 saturated carbocycles. The number of hydrogen-bond donors (Lipinski definition) is 1. The fourth-order valence-corrected chi connectivity index (χ4v) is 1.62. The van der Waals surface area contributed by atoms with Crippen LogP contribution in [0.15, 0.2) is 12.4 Å². The van der Waals surface area contributed by atoms with Gasteiger partial charge in [0.2, 0.25) is 0 Å². The first-order valence-corrected chi connectivity index (χ1v) is 5.58. The van der Waals surface area contributed by atoms with E-state index in [0.29, 0.717) is 0 Å². The zero-order chi connectivity index (χ0) is 9.80. The summed E-state index contributed by atoms with van der Waals surface area (Å²) in [7, 11) is 0. The molecule has 0 aromatic carbocycles. The van der Waals surface area contributed by atoms with Crippen LogP contribution in [0.25, 0.3) is 0 Å². The van der Waals surface area contributed by atoms with Crippen molar-refractivity contribution in [3.8, 4) is 0 Å². The minimum Gasteiger partial charge on any atom is -0.381 e. The van der Waals surface area contributed by atoms with Gasteiger partial charge in [0.15, 0.2) is 4.77 Å². The number of hydrogen-bond acceptors (Lipinski definition) is 2. The van der Waals surface area contributed by atoms with E-state index in [4.69, 9.17) is 17.0 Å². The molecule has 0 bridgehead atoms. The number of imidazole rings is 1. The predicted octanol–water partition coefficient (Wildman–Crippen LogP) is 2.36. The molecular formula is C10H16N2OS. The summed E-state index contributed by atoms with van der Waals surface area (Å²) in [6, 6.07) is 0. The van der Waals surface area contributed by atoms with E-state index in [1.807, 2.05) is 17.0 Å². The smallest absolute Gasteiger partial charge is 0.177 e. The maximum Gasteiger partial charge on any atom is 0.177 e. The Morgan fingerprint density at radius 2 is 2.43 bits per heavy atom. The first-order chi connectivity index (χ1) is 6.86. The second-order valence-electron chi connectivity index (χ2n) is 3.83. The second kappa shape index (κ2) is 4.75. The quantitative estimate of drug-likeness (QED) is 0.579. The minimum atomic E-state index is 0.798. The topological polar surface area (TPSA) is 29.9 Å². The van der Waals surface area contributed by atoms with Gasteiger partial charge in [-0.15, -0.1) is 0 Å². The molecule has 1 aromatic heterocycles. The molecule has 0 aliphatic heterocycles. The van der Waals surface area contributed by atoms with Crippen LogP contribution >= 0.6 is 12.2 Å².